The zero-order chi connectivity index (χ0) is 31.4. The van der Waals surface area contributed by atoms with Gasteiger partial charge in [0.2, 0.25) is 5.91 Å². The molecule has 1 saturated heterocycles. The molecule has 0 radical (unpaired) electrons. The Kier molecular flexibility index (Phi) is 10.0. The molecule has 3 aromatic rings. The monoisotopic (exact) mass is 620 g/mol. The van der Waals surface area contributed by atoms with Crippen molar-refractivity contribution < 1.29 is 28.9 Å². The van der Waals surface area contributed by atoms with Crippen LogP contribution in [0, 0.1) is 11.8 Å². The summed E-state index contributed by atoms with van der Waals surface area (Å²) in [6, 6.07) is 16.4. The standard InChI is InChI=1S/C35H41ClN2O6/c1-5-22-15-26(36)16-23(6-2)33(22)37-31(39)19-38-18-28(25-9-12-29-30(17-25)43-14-13-42-29)32(35(40)41)34(38)24-7-10-27(11-8-24)44-20-21(3)4/h7-12,15-17,21,28,32,34H,5-6,13-14,18-20H2,1-4H3,(H,37,39)(H,40,41)/t28-,32?,34+/m1/s1. The van der Waals surface area contributed by atoms with Gasteiger partial charge in [-0.3, -0.25) is 14.5 Å². The highest BCUT2D eigenvalue weighted by atomic mass is 35.5. The van der Waals surface area contributed by atoms with Crippen molar-refractivity contribution in [3.8, 4) is 17.2 Å². The Morgan fingerprint density at radius 2 is 1.61 bits per heavy atom. The number of nitrogens with zero attached hydrogens (tertiary/aromatic N) is 1. The zero-order valence-electron chi connectivity index (χ0n) is 25.8. The first-order valence-electron chi connectivity index (χ1n) is 15.4. The smallest absolute Gasteiger partial charge is 0.309 e. The molecule has 0 spiro atoms. The first-order valence-corrected chi connectivity index (χ1v) is 15.8. The van der Waals surface area contributed by atoms with E-state index in [-0.39, 0.29) is 18.4 Å². The fourth-order valence-electron chi connectivity index (χ4n) is 6.25. The fraction of sp³-hybridized carbons (Fsp3) is 0.429. The molecule has 1 fully saturated rings. The van der Waals surface area contributed by atoms with Crippen LogP contribution in [0.5, 0.6) is 17.2 Å². The molecule has 2 heterocycles. The number of aryl methyl sites for hydroxylation is 2. The van der Waals surface area contributed by atoms with Gasteiger partial charge >= 0.3 is 5.97 Å². The number of fused-ring (bicyclic) bond motifs is 1. The molecule has 0 bridgehead atoms. The summed E-state index contributed by atoms with van der Waals surface area (Å²) in [5.74, 6) is 0.0513. The Morgan fingerprint density at radius 3 is 2.23 bits per heavy atom. The number of anilines is 1. The number of carbonyl (C=O) groups excluding carboxylic acids is 1. The van der Waals surface area contributed by atoms with E-state index in [0.29, 0.717) is 61.6 Å². The number of ether oxygens (including phenoxy) is 3. The highest BCUT2D eigenvalue weighted by Crippen LogP contribution is 2.47. The first kappa shape index (κ1) is 31.7. The number of nitrogens with one attached hydrogen (secondary N) is 1. The Balaban J connectivity index is 1.48. The lowest BCUT2D eigenvalue weighted by Gasteiger charge is -2.27. The van der Waals surface area contributed by atoms with E-state index in [1.165, 1.54) is 0 Å². The maximum absolute atomic E-state index is 13.7. The molecule has 8 nitrogen and oxygen atoms in total. The van der Waals surface area contributed by atoms with Gasteiger partial charge in [0.1, 0.15) is 19.0 Å². The van der Waals surface area contributed by atoms with E-state index in [2.05, 4.69) is 19.2 Å². The van der Waals surface area contributed by atoms with Gasteiger partial charge in [-0.1, -0.05) is 57.5 Å². The van der Waals surface area contributed by atoms with E-state index in [9.17, 15) is 14.7 Å². The molecule has 2 N–H and O–H groups in total. The number of carboxylic acids is 1. The number of likely N-dealkylation sites (tertiary alicyclic amines) is 1. The number of amides is 1. The van der Waals surface area contributed by atoms with Crippen LogP contribution in [-0.4, -0.2) is 54.8 Å². The van der Waals surface area contributed by atoms with Crippen molar-refractivity contribution in [1.82, 2.24) is 4.90 Å². The lowest BCUT2D eigenvalue weighted by atomic mass is 9.82. The van der Waals surface area contributed by atoms with E-state index in [1.54, 1.807) is 0 Å². The van der Waals surface area contributed by atoms with Crippen LogP contribution in [0.4, 0.5) is 5.69 Å². The minimum absolute atomic E-state index is 0.0238. The quantitative estimate of drug-likeness (QED) is 0.245. The minimum Gasteiger partial charge on any atom is -0.493 e. The van der Waals surface area contributed by atoms with Crippen LogP contribution in [0.3, 0.4) is 0 Å². The second kappa shape index (κ2) is 13.9. The lowest BCUT2D eigenvalue weighted by molar-refractivity contribution is -0.143. The van der Waals surface area contributed by atoms with Gasteiger partial charge in [-0.25, -0.2) is 0 Å². The third-order valence-electron chi connectivity index (χ3n) is 8.32. The van der Waals surface area contributed by atoms with Crippen LogP contribution < -0.4 is 19.5 Å². The van der Waals surface area contributed by atoms with Crippen LogP contribution >= 0.6 is 11.6 Å². The number of rotatable bonds is 11. The van der Waals surface area contributed by atoms with Gasteiger partial charge in [0.05, 0.1) is 19.1 Å². The zero-order valence-corrected chi connectivity index (χ0v) is 26.5. The molecule has 1 amide bonds. The van der Waals surface area contributed by atoms with Crippen LogP contribution in [0.15, 0.2) is 54.6 Å². The Bertz CT molecular complexity index is 1470. The number of halogens is 1. The number of carboxylic acid groups (broad SMARTS) is 1. The molecule has 3 aromatic carbocycles. The Labute approximate surface area is 264 Å². The molecule has 0 saturated carbocycles. The normalized spacial score (nSPS) is 19.6. The molecular weight excluding hydrogens is 580 g/mol. The second-order valence-corrected chi connectivity index (χ2v) is 12.3. The van der Waals surface area contributed by atoms with Gasteiger partial charge in [0, 0.05) is 29.2 Å². The van der Waals surface area contributed by atoms with Crippen molar-refractivity contribution in [2.75, 3.05) is 38.2 Å². The summed E-state index contributed by atoms with van der Waals surface area (Å²) in [7, 11) is 0. The van der Waals surface area contributed by atoms with Crippen LogP contribution in [0.1, 0.15) is 61.9 Å². The largest absolute Gasteiger partial charge is 0.493 e. The molecule has 1 unspecified atom stereocenters. The Hall–Kier alpha value is -3.75. The number of aliphatic carboxylic acids is 1. The maximum Gasteiger partial charge on any atom is 0.309 e. The van der Waals surface area contributed by atoms with Gasteiger partial charge in [-0.05, 0) is 77.4 Å². The van der Waals surface area contributed by atoms with Gasteiger partial charge in [-0.2, -0.15) is 0 Å². The molecule has 0 aliphatic carbocycles. The van der Waals surface area contributed by atoms with Crippen LogP contribution in [0.2, 0.25) is 5.02 Å². The third kappa shape index (κ3) is 6.97. The lowest BCUT2D eigenvalue weighted by Crippen LogP contribution is -2.35. The van der Waals surface area contributed by atoms with E-state index in [1.807, 2.05) is 73.3 Å². The SMILES string of the molecule is CCc1cc(Cl)cc(CC)c1NC(=O)CN1C[C@H](c2ccc3c(c2)OCCO3)C(C(=O)O)[C@@H]1c1ccc(OCC(C)C)cc1. The Morgan fingerprint density at radius 1 is 0.977 bits per heavy atom. The van der Waals surface area contributed by atoms with Gasteiger partial charge < -0.3 is 24.6 Å². The van der Waals surface area contributed by atoms with E-state index in [4.69, 9.17) is 25.8 Å². The third-order valence-corrected chi connectivity index (χ3v) is 8.54. The summed E-state index contributed by atoms with van der Waals surface area (Å²) < 4.78 is 17.4. The van der Waals surface area contributed by atoms with Crippen molar-refractivity contribution in [2.45, 2.75) is 52.5 Å². The number of hydrogen-bond acceptors (Lipinski definition) is 6. The summed E-state index contributed by atoms with van der Waals surface area (Å²) in [5.41, 5.74) is 4.37. The van der Waals surface area contributed by atoms with Crippen molar-refractivity contribution >= 4 is 29.2 Å². The fourth-order valence-corrected chi connectivity index (χ4v) is 6.51. The molecule has 0 aromatic heterocycles. The van der Waals surface area contributed by atoms with Gasteiger partial charge in [0.25, 0.3) is 0 Å². The van der Waals surface area contributed by atoms with E-state index in [0.717, 1.165) is 33.7 Å². The summed E-state index contributed by atoms with van der Waals surface area (Å²) in [6.07, 6.45) is 1.43. The molecular formula is C35H41ClN2O6. The average Bonchev–Trinajstić information content (AvgIpc) is 3.39. The molecule has 2 aliphatic heterocycles. The molecule has 44 heavy (non-hydrogen) atoms. The summed E-state index contributed by atoms with van der Waals surface area (Å²) in [6.45, 7) is 10.1. The predicted molar refractivity (Wildman–Crippen MR) is 171 cm³/mol. The summed E-state index contributed by atoms with van der Waals surface area (Å²) in [4.78, 5) is 28.7. The number of benzene rings is 3. The van der Waals surface area contributed by atoms with Crippen molar-refractivity contribution in [3.63, 3.8) is 0 Å². The molecule has 234 valence electrons. The van der Waals surface area contributed by atoms with Crippen molar-refractivity contribution in [2.24, 2.45) is 11.8 Å². The van der Waals surface area contributed by atoms with Gasteiger partial charge in [-0.15, -0.1) is 0 Å². The van der Waals surface area contributed by atoms with Crippen molar-refractivity contribution in [1.29, 1.82) is 0 Å². The minimum atomic E-state index is -0.919. The topological polar surface area (TPSA) is 97.3 Å². The van der Waals surface area contributed by atoms with Crippen LogP contribution in [0.25, 0.3) is 0 Å². The van der Waals surface area contributed by atoms with E-state index >= 15 is 0 Å². The predicted octanol–water partition coefficient (Wildman–Crippen LogP) is 6.75. The number of hydrogen-bond donors (Lipinski definition) is 2. The summed E-state index contributed by atoms with van der Waals surface area (Å²) >= 11 is 6.35. The van der Waals surface area contributed by atoms with Gasteiger partial charge in [0.15, 0.2) is 11.5 Å². The molecule has 2 aliphatic rings. The average molecular weight is 621 g/mol. The highest BCUT2D eigenvalue weighted by Gasteiger charge is 2.48. The highest BCUT2D eigenvalue weighted by molar-refractivity contribution is 6.30. The van der Waals surface area contributed by atoms with Crippen molar-refractivity contribution in [3.05, 3.63) is 81.9 Å². The molecule has 9 heteroatoms. The van der Waals surface area contributed by atoms with Crippen LogP contribution in [-0.2, 0) is 22.4 Å². The molecule has 5 rings (SSSR count). The molecule has 3 atom stereocenters. The summed E-state index contributed by atoms with van der Waals surface area (Å²) in [5, 5.41) is 14.4. The number of carbonyl (C=O) groups is 2. The van der Waals surface area contributed by atoms with E-state index < -0.39 is 17.9 Å². The maximum atomic E-state index is 13.7. The first-order chi connectivity index (χ1) is 21.2. The second-order valence-electron chi connectivity index (χ2n) is 11.9.